The highest BCUT2D eigenvalue weighted by Gasteiger charge is 2.41. The van der Waals surface area contributed by atoms with Crippen molar-refractivity contribution in [1.29, 1.82) is 0 Å². The number of nitrogens with two attached hydrogens (primary N) is 1. The van der Waals surface area contributed by atoms with Gasteiger partial charge in [-0.2, -0.15) is 0 Å². The summed E-state index contributed by atoms with van der Waals surface area (Å²) in [6.45, 7) is 1.97. The molecule has 0 aromatic carbocycles. The first-order valence-corrected chi connectivity index (χ1v) is 8.94. The van der Waals surface area contributed by atoms with Gasteiger partial charge in [-0.25, -0.2) is 4.98 Å². The van der Waals surface area contributed by atoms with Crippen molar-refractivity contribution in [3.63, 3.8) is 0 Å². The van der Waals surface area contributed by atoms with Gasteiger partial charge in [-0.3, -0.25) is 14.8 Å². The van der Waals surface area contributed by atoms with Crippen LogP contribution in [0.4, 0.5) is 0 Å². The molecule has 26 heavy (non-hydrogen) atoms. The molecule has 2 bridgehead atoms. The van der Waals surface area contributed by atoms with Crippen molar-refractivity contribution in [2.24, 2.45) is 5.73 Å². The maximum Gasteiger partial charge on any atom is 0.250 e. The first-order chi connectivity index (χ1) is 12.6. The minimum Gasteiger partial charge on any atom is -0.366 e. The van der Waals surface area contributed by atoms with Gasteiger partial charge in [0.1, 0.15) is 11.5 Å². The summed E-state index contributed by atoms with van der Waals surface area (Å²) in [5.41, 5.74) is 10.4. The van der Waals surface area contributed by atoms with Crippen LogP contribution in [0.15, 0.2) is 36.7 Å². The minimum atomic E-state index is -0.477. The molecule has 2 atom stereocenters. The van der Waals surface area contributed by atoms with Crippen molar-refractivity contribution in [3.8, 4) is 22.6 Å². The number of amides is 1. The molecule has 1 aliphatic heterocycles. The van der Waals surface area contributed by atoms with Crippen molar-refractivity contribution in [2.45, 2.75) is 38.1 Å². The van der Waals surface area contributed by atoms with Crippen LogP contribution in [0.25, 0.3) is 22.6 Å². The number of rotatable bonds is 3. The lowest BCUT2D eigenvalue weighted by atomic mass is 10.0. The Bertz CT molecular complexity index is 1040. The summed E-state index contributed by atoms with van der Waals surface area (Å²) < 4.78 is 2.31. The molecule has 2 unspecified atom stereocenters. The maximum atomic E-state index is 12.0. The number of hydrogen-bond acceptors (Lipinski definition) is 4. The molecule has 4 heterocycles. The Morgan fingerprint density at radius 3 is 2.92 bits per heavy atom. The molecule has 0 saturated heterocycles. The predicted octanol–water partition coefficient (Wildman–Crippen LogP) is 3.24. The van der Waals surface area contributed by atoms with Crippen molar-refractivity contribution in [1.82, 2.24) is 19.5 Å². The molecule has 6 nitrogen and oxygen atoms in total. The SMILES string of the molecule is Cc1cccc(-c2nc3n(c2-c2ccncc2C(N)=O)C2CCC3C2)n1. The minimum absolute atomic E-state index is 0.423. The van der Waals surface area contributed by atoms with Crippen molar-refractivity contribution in [3.05, 3.63) is 53.7 Å². The maximum absolute atomic E-state index is 12.0. The molecule has 1 amide bonds. The number of aryl methyl sites for hydroxylation is 1. The van der Waals surface area contributed by atoms with Gasteiger partial charge < -0.3 is 10.3 Å². The normalized spacial score (nSPS) is 20.3. The summed E-state index contributed by atoms with van der Waals surface area (Å²) in [6, 6.07) is 8.22. The zero-order chi connectivity index (χ0) is 17.8. The van der Waals surface area contributed by atoms with Crippen molar-refractivity contribution < 1.29 is 4.79 Å². The van der Waals surface area contributed by atoms with E-state index in [1.807, 2.05) is 31.2 Å². The number of pyridine rings is 2. The third-order valence-corrected chi connectivity index (χ3v) is 5.55. The van der Waals surface area contributed by atoms with Gasteiger partial charge in [0.2, 0.25) is 0 Å². The summed E-state index contributed by atoms with van der Waals surface area (Å²) in [5, 5.41) is 0. The Morgan fingerprint density at radius 1 is 1.23 bits per heavy atom. The Balaban J connectivity index is 1.82. The number of nitrogens with zero attached hydrogens (tertiary/aromatic N) is 4. The van der Waals surface area contributed by atoms with E-state index >= 15 is 0 Å². The molecule has 5 rings (SSSR count). The Hall–Kier alpha value is -3.02. The Kier molecular flexibility index (Phi) is 3.22. The second kappa shape index (κ2) is 5.49. The second-order valence-corrected chi connectivity index (χ2v) is 7.15. The summed E-state index contributed by atoms with van der Waals surface area (Å²) in [4.78, 5) is 25.8. The Labute approximate surface area is 151 Å². The summed E-state index contributed by atoms with van der Waals surface area (Å²) in [5.74, 6) is 1.13. The summed E-state index contributed by atoms with van der Waals surface area (Å²) >= 11 is 0. The van der Waals surface area contributed by atoms with Gasteiger partial charge in [-0.05, 0) is 44.4 Å². The van der Waals surface area contributed by atoms with Gasteiger partial charge >= 0.3 is 0 Å². The molecule has 2 aliphatic rings. The van der Waals surface area contributed by atoms with Crippen LogP contribution in [0.1, 0.15) is 53.1 Å². The predicted molar refractivity (Wildman–Crippen MR) is 97.6 cm³/mol. The first kappa shape index (κ1) is 15.3. The lowest BCUT2D eigenvalue weighted by Gasteiger charge is -2.18. The summed E-state index contributed by atoms with van der Waals surface area (Å²) in [6.07, 6.45) is 6.70. The molecule has 1 fully saturated rings. The van der Waals surface area contributed by atoms with Crippen LogP contribution in [0.3, 0.4) is 0 Å². The van der Waals surface area contributed by atoms with E-state index in [9.17, 15) is 4.79 Å². The highest BCUT2D eigenvalue weighted by atomic mass is 16.1. The number of fused-ring (bicyclic) bond motifs is 5. The lowest BCUT2D eigenvalue weighted by molar-refractivity contribution is 0.100. The molecule has 0 radical (unpaired) electrons. The fraction of sp³-hybridized carbons (Fsp3) is 0.300. The van der Waals surface area contributed by atoms with E-state index < -0.39 is 5.91 Å². The van der Waals surface area contributed by atoms with Gasteiger partial charge in [0.15, 0.2) is 0 Å². The number of carbonyl (C=O) groups is 1. The van der Waals surface area contributed by atoms with Crippen LogP contribution in [-0.4, -0.2) is 25.4 Å². The zero-order valence-corrected chi connectivity index (χ0v) is 14.5. The third kappa shape index (κ3) is 2.11. The Morgan fingerprint density at radius 2 is 2.12 bits per heavy atom. The summed E-state index contributed by atoms with van der Waals surface area (Å²) in [7, 11) is 0. The quantitative estimate of drug-likeness (QED) is 0.789. The van der Waals surface area contributed by atoms with E-state index in [2.05, 4.69) is 14.5 Å². The molecule has 2 N–H and O–H groups in total. The molecular weight excluding hydrogens is 326 g/mol. The van der Waals surface area contributed by atoms with Crippen LogP contribution < -0.4 is 5.73 Å². The average Bonchev–Trinajstić information content (AvgIpc) is 3.33. The van der Waals surface area contributed by atoms with Crippen molar-refractivity contribution in [2.75, 3.05) is 0 Å². The van der Waals surface area contributed by atoms with E-state index in [0.717, 1.165) is 47.0 Å². The van der Waals surface area contributed by atoms with Crippen LogP contribution in [0.5, 0.6) is 0 Å². The standard InChI is InChI=1S/C20H19N5O/c1-11-3-2-4-16(23-11)17-18(14-7-8-22-10-15(14)19(21)26)25-13-6-5-12(9-13)20(25)24-17/h2-4,7-8,10,12-13H,5-6,9H2,1H3,(H2,21,26). The second-order valence-electron chi connectivity index (χ2n) is 7.15. The van der Waals surface area contributed by atoms with Crippen LogP contribution >= 0.6 is 0 Å². The molecular formula is C20H19N5O. The molecule has 130 valence electrons. The number of aromatic nitrogens is 4. The topological polar surface area (TPSA) is 86.7 Å². The average molecular weight is 345 g/mol. The monoisotopic (exact) mass is 345 g/mol. The lowest BCUT2D eigenvalue weighted by Crippen LogP contribution is -2.15. The van der Waals surface area contributed by atoms with E-state index in [4.69, 9.17) is 10.7 Å². The molecule has 0 spiro atoms. The van der Waals surface area contributed by atoms with Crippen LogP contribution in [0.2, 0.25) is 0 Å². The van der Waals surface area contributed by atoms with Gasteiger partial charge in [0.05, 0.1) is 17.0 Å². The molecule has 1 aliphatic carbocycles. The number of primary amides is 1. The molecule has 6 heteroatoms. The zero-order valence-electron chi connectivity index (χ0n) is 14.5. The van der Waals surface area contributed by atoms with Gasteiger partial charge in [0.25, 0.3) is 5.91 Å². The van der Waals surface area contributed by atoms with E-state index in [1.54, 1.807) is 6.20 Å². The van der Waals surface area contributed by atoms with E-state index in [-0.39, 0.29) is 0 Å². The van der Waals surface area contributed by atoms with Gasteiger partial charge in [-0.1, -0.05) is 6.07 Å². The fourth-order valence-corrected chi connectivity index (χ4v) is 4.44. The van der Waals surface area contributed by atoms with Gasteiger partial charge in [-0.15, -0.1) is 0 Å². The smallest absolute Gasteiger partial charge is 0.250 e. The number of hydrogen-bond donors (Lipinski definition) is 1. The van der Waals surface area contributed by atoms with E-state index in [0.29, 0.717) is 17.5 Å². The number of imidazole rings is 1. The molecule has 3 aromatic heterocycles. The largest absolute Gasteiger partial charge is 0.366 e. The van der Waals surface area contributed by atoms with Crippen LogP contribution in [-0.2, 0) is 0 Å². The molecule has 3 aromatic rings. The fourth-order valence-electron chi connectivity index (χ4n) is 4.44. The number of carbonyl (C=O) groups excluding carboxylic acids is 1. The van der Waals surface area contributed by atoms with Gasteiger partial charge in [0, 0.05) is 35.6 Å². The molecule has 1 saturated carbocycles. The van der Waals surface area contributed by atoms with Crippen molar-refractivity contribution >= 4 is 5.91 Å². The highest BCUT2D eigenvalue weighted by Crippen LogP contribution is 2.52. The first-order valence-electron chi connectivity index (χ1n) is 8.94. The third-order valence-electron chi connectivity index (χ3n) is 5.55. The van der Waals surface area contributed by atoms with E-state index in [1.165, 1.54) is 12.6 Å². The highest BCUT2D eigenvalue weighted by molar-refractivity contribution is 6.00. The van der Waals surface area contributed by atoms with Crippen LogP contribution in [0, 0.1) is 6.92 Å².